The molecule has 1 heterocycles. The summed E-state index contributed by atoms with van der Waals surface area (Å²) in [5.41, 5.74) is -1.21. The Morgan fingerprint density at radius 1 is 1.16 bits per heavy atom. The maximum atomic E-state index is 13.6. The van der Waals surface area contributed by atoms with E-state index >= 15 is 0 Å². The van der Waals surface area contributed by atoms with E-state index in [1.165, 1.54) is 0 Å². The van der Waals surface area contributed by atoms with E-state index < -0.39 is 32.5 Å². The topological polar surface area (TPSA) is 61.4 Å². The van der Waals surface area contributed by atoms with Gasteiger partial charge in [-0.05, 0) is 18.2 Å². The molecule has 0 bridgehead atoms. The molecule has 1 aromatic rings. The minimum Gasteiger partial charge on any atom is -0.314 e. The lowest BCUT2D eigenvalue weighted by Crippen LogP contribution is -2.46. The van der Waals surface area contributed by atoms with Crippen LogP contribution in [0.2, 0.25) is 0 Å². The number of hydrogen-bond donors (Lipinski definition) is 2. The molecule has 2 N–H and O–H groups in total. The summed E-state index contributed by atoms with van der Waals surface area (Å²) >= 11 is 0. The second-order valence-electron chi connectivity index (χ2n) is 5.13. The van der Waals surface area contributed by atoms with Gasteiger partial charge in [0.2, 0.25) is 10.0 Å². The summed E-state index contributed by atoms with van der Waals surface area (Å²) in [6, 6.07) is 1.32. The summed E-state index contributed by atoms with van der Waals surface area (Å²) in [6.45, 7) is 3.48. The van der Waals surface area contributed by atoms with E-state index in [0.717, 1.165) is 26.2 Å². The van der Waals surface area contributed by atoms with Gasteiger partial charge in [-0.3, -0.25) is 4.90 Å². The van der Waals surface area contributed by atoms with Crippen molar-refractivity contribution in [1.29, 1.82) is 0 Å². The molecule has 5 nitrogen and oxygen atoms in total. The predicted octanol–water partition coefficient (Wildman–Crippen LogP) is 1.87. The number of nitrogens with one attached hydrogen (secondary N) is 2. The van der Waals surface area contributed by atoms with Gasteiger partial charge in [-0.25, -0.2) is 17.5 Å². The summed E-state index contributed by atoms with van der Waals surface area (Å²) < 4.78 is 77.7. The van der Waals surface area contributed by atoms with Crippen molar-refractivity contribution in [3.63, 3.8) is 0 Å². The van der Waals surface area contributed by atoms with E-state index in [9.17, 15) is 26.0 Å². The first-order chi connectivity index (χ1) is 10.7. The van der Waals surface area contributed by atoms with Crippen LogP contribution < -0.4 is 10.0 Å². The third-order valence-corrected chi connectivity index (χ3v) is 4.95. The van der Waals surface area contributed by atoms with Gasteiger partial charge in [-0.2, -0.15) is 13.2 Å². The molecule has 1 aliphatic heterocycles. The predicted molar refractivity (Wildman–Crippen MR) is 90.4 cm³/mol. The van der Waals surface area contributed by atoms with Crippen LogP contribution in [-0.2, 0) is 16.2 Å². The number of rotatable bonds is 5. The Labute approximate surface area is 156 Å². The van der Waals surface area contributed by atoms with Gasteiger partial charge < -0.3 is 5.32 Å². The summed E-state index contributed by atoms with van der Waals surface area (Å²) in [4.78, 5) is 1.01. The number of hydrogen-bond acceptors (Lipinski definition) is 4. The van der Waals surface area contributed by atoms with Crippen LogP contribution >= 0.6 is 24.8 Å². The molecule has 0 saturated carbocycles. The first-order valence-electron chi connectivity index (χ1n) is 6.99. The summed E-state index contributed by atoms with van der Waals surface area (Å²) in [6.07, 6.45) is -4.74. The minimum atomic E-state index is -4.74. The lowest BCUT2D eigenvalue weighted by molar-refractivity contribution is -0.137. The number of alkyl halides is 3. The molecule has 12 heteroatoms. The molecule has 146 valence electrons. The number of sulfonamides is 1. The average molecular weight is 428 g/mol. The summed E-state index contributed by atoms with van der Waals surface area (Å²) in [7, 11) is -4.34. The van der Waals surface area contributed by atoms with Gasteiger partial charge in [0, 0.05) is 39.3 Å². The van der Waals surface area contributed by atoms with Crippen LogP contribution in [0.3, 0.4) is 0 Å². The molecule has 1 saturated heterocycles. The zero-order chi connectivity index (χ0) is 17.1. The summed E-state index contributed by atoms with van der Waals surface area (Å²) in [5, 5.41) is 3.14. The van der Waals surface area contributed by atoms with E-state index in [4.69, 9.17) is 0 Å². The number of piperazine rings is 1. The second-order valence-corrected chi connectivity index (χ2v) is 6.87. The molecule has 0 aromatic heterocycles. The highest BCUT2D eigenvalue weighted by molar-refractivity contribution is 7.89. The highest BCUT2D eigenvalue weighted by Gasteiger charge is 2.33. The van der Waals surface area contributed by atoms with Crippen LogP contribution in [-0.4, -0.2) is 52.6 Å². The molecule has 1 fully saturated rings. The molecule has 0 spiro atoms. The Hall–Kier alpha value is -0.650. The van der Waals surface area contributed by atoms with Crippen molar-refractivity contribution in [2.75, 3.05) is 39.3 Å². The quantitative estimate of drug-likeness (QED) is 0.704. The first-order valence-corrected chi connectivity index (χ1v) is 8.48. The monoisotopic (exact) mass is 427 g/mol. The van der Waals surface area contributed by atoms with Gasteiger partial charge in [-0.15, -0.1) is 24.8 Å². The molecule has 0 amide bonds. The van der Waals surface area contributed by atoms with Crippen molar-refractivity contribution in [3.8, 4) is 0 Å². The lowest BCUT2D eigenvalue weighted by atomic mass is 10.2. The van der Waals surface area contributed by atoms with Crippen molar-refractivity contribution in [2.45, 2.75) is 11.1 Å². The fourth-order valence-corrected chi connectivity index (χ4v) is 3.36. The van der Waals surface area contributed by atoms with Crippen LogP contribution in [0.5, 0.6) is 0 Å². The van der Waals surface area contributed by atoms with Crippen molar-refractivity contribution >= 4 is 34.8 Å². The van der Waals surface area contributed by atoms with Gasteiger partial charge in [0.1, 0.15) is 10.7 Å². The van der Waals surface area contributed by atoms with Crippen molar-refractivity contribution in [2.24, 2.45) is 0 Å². The molecule has 0 radical (unpaired) electrons. The van der Waals surface area contributed by atoms with Crippen molar-refractivity contribution in [1.82, 2.24) is 14.9 Å². The van der Waals surface area contributed by atoms with Gasteiger partial charge in [0.05, 0.1) is 5.56 Å². The van der Waals surface area contributed by atoms with Gasteiger partial charge in [0.15, 0.2) is 0 Å². The molecular weight excluding hydrogens is 409 g/mol. The van der Waals surface area contributed by atoms with E-state index in [0.29, 0.717) is 24.7 Å². The van der Waals surface area contributed by atoms with Crippen LogP contribution in [0.1, 0.15) is 5.56 Å². The summed E-state index contributed by atoms with van der Waals surface area (Å²) in [5.74, 6) is -1.22. The van der Waals surface area contributed by atoms with Crippen molar-refractivity contribution < 1.29 is 26.0 Å². The third-order valence-electron chi connectivity index (χ3n) is 3.48. The number of halogens is 6. The Balaban J connectivity index is 0.00000288. The number of benzene rings is 1. The van der Waals surface area contributed by atoms with Crippen LogP contribution in [0.15, 0.2) is 23.1 Å². The SMILES string of the molecule is Cl.Cl.O=S(=O)(NCCN1CCNCC1)c1cc(C(F)(F)F)ccc1F. The molecule has 0 aliphatic carbocycles. The minimum absolute atomic E-state index is 0. The Morgan fingerprint density at radius 2 is 1.76 bits per heavy atom. The van der Waals surface area contributed by atoms with Crippen LogP contribution in [0.25, 0.3) is 0 Å². The second kappa shape index (κ2) is 9.89. The average Bonchev–Trinajstić information content (AvgIpc) is 2.47. The van der Waals surface area contributed by atoms with Crippen molar-refractivity contribution in [3.05, 3.63) is 29.6 Å². The third kappa shape index (κ3) is 6.87. The zero-order valence-corrected chi connectivity index (χ0v) is 15.4. The Bertz CT molecular complexity index is 653. The van der Waals surface area contributed by atoms with E-state index in [2.05, 4.69) is 10.0 Å². The Kier molecular flexibility index (Phi) is 9.63. The van der Waals surface area contributed by atoms with E-state index in [1.807, 2.05) is 4.90 Å². The lowest BCUT2D eigenvalue weighted by Gasteiger charge is -2.27. The van der Waals surface area contributed by atoms with Gasteiger partial charge >= 0.3 is 6.18 Å². The van der Waals surface area contributed by atoms with E-state index in [-0.39, 0.29) is 31.4 Å². The normalized spacial score (nSPS) is 16.0. The molecule has 25 heavy (non-hydrogen) atoms. The maximum Gasteiger partial charge on any atom is 0.416 e. The van der Waals surface area contributed by atoms with Crippen LogP contribution in [0.4, 0.5) is 17.6 Å². The standard InChI is InChI=1S/C13H17F4N3O2S.2ClH/c14-11-2-1-10(13(15,16)17)9-12(11)23(21,22)19-5-8-20-6-3-18-4-7-20;;/h1-2,9,18-19H,3-8H2;2*1H. The fourth-order valence-electron chi connectivity index (χ4n) is 2.24. The van der Waals surface area contributed by atoms with E-state index in [1.54, 1.807) is 0 Å². The maximum absolute atomic E-state index is 13.6. The largest absolute Gasteiger partial charge is 0.416 e. The zero-order valence-electron chi connectivity index (χ0n) is 13.0. The highest BCUT2D eigenvalue weighted by Crippen LogP contribution is 2.31. The molecule has 2 rings (SSSR count). The molecular formula is C13H19Cl2F4N3O2S. The molecule has 0 unspecified atom stereocenters. The molecule has 1 aliphatic rings. The first kappa shape index (κ1) is 24.4. The smallest absolute Gasteiger partial charge is 0.314 e. The highest BCUT2D eigenvalue weighted by atomic mass is 35.5. The fraction of sp³-hybridized carbons (Fsp3) is 0.538. The number of nitrogens with zero attached hydrogens (tertiary/aromatic N) is 1. The Morgan fingerprint density at radius 3 is 2.32 bits per heavy atom. The molecule has 1 aromatic carbocycles. The van der Waals surface area contributed by atoms with Gasteiger partial charge in [-0.1, -0.05) is 0 Å². The molecule has 0 atom stereocenters. The van der Waals surface area contributed by atoms with Crippen LogP contribution in [0, 0.1) is 5.82 Å². The van der Waals surface area contributed by atoms with Gasteiger partial charge in [0.25, 0.3) is 0 Å².